The number of thiophene rings is 2. The molecule has 0 unspecified atom stereocenters. The Morgan fingerprint density at radius 2 is 1.07 bits per heavy atom. The number of aromatic carboxylic acids is 1. The van der Waals surface area contributed by atoms with Crippen molar-refractivity contribution >= 4 is 107 Å². The molecule has 6 aromatic rings. The zero-order valence-electron chi connectivity index (χ0n) is 51.7. The summed E-state index contributed by atoms with van der Waals surface area (Å²) in [6.45, 7) is 15.5. The minimum absolute atomic E-state index is 0. The first-order chi connectivity index (χ1) is 40.2. The number of imidazole rings is 2. The Balaban J connectivity index is 0.000000235. The van der Waals surface area contributed by atoms with Crippen LogP contribution >= 0.6 is 22.7 Å². The zero-order valence-corrected chi connectivity index (χ0v) is 56.8. The van der Waals surface area contributed by atoms with Gasteiger partial charge in [0.2, 0.25) is 0 Å². The van der Waals surface area contributed by atoms with Crippen molar-refractivity contribution in [2.24, 2.45) is 5.73 Å². The number of aromatic nitrogens is 4. The summed E-state index contributed by atoms with van der Waals surface area (Å²) in [5.41, 5.74) is 21.3. The van der Waals surface area contributed by atoms with Gasteiger partial charge in [0.1, 0.15) is 74.0 Å². The van der Waals surface area contributed by atoms with E-state index in [0.717, 1.165) is 34.2 Å². The molecule has 2 aliphatic heterocycles. The number of carboxylic acid groups (broad SMARTS) is 1. The molecule has 0 fully saturated rings. The highest BCUT2D eigenvalue weighted by Crippen LogP contribution is 2.46. The molecule has 0 saturated carbocycles. The van der Waals surface area contributed by atoms with Crippen LogP contribution in [0, 0.1) is 34.1 Å². The highest BCUT2D eigenvalue weighted by atomic mass is 35.5. The van der Waals surface area contributed by atoms with Gasteiger partial charge in [0.25, 0.3) is 5.91 Å². The Labute approximate surface area is 530 Å². The number of carbonyl (C=O) groups is 2. The van der Waals surface area contributed by atoms with Crippen molar-refractivity contribution in [1.29, 1.82) is 0 Å². The molecule has 2 aliphatic carbocycles. The molecular weight excluding hydrogens is 1220 g/mol. The number of amides is 1. The Bertz CT molecular complexity index is 3940. The molecule has 0 saturated heterocycles. The summed E-state index contributed by atoms with van der Waals surface area (Å²) in [4.78, 5) is 58.3. The average Bonchev–Trinajstić information content (AvgIpc) is 1.37. The van der Waals surface area contributed by atoms with Gasteiger partial charge in [-0.2, -0.15) is 0 Å². The van der Waals surface area contributed by atoms with E-state index in [1.807, 2.05) is 19.2 Å². The molecule has 2 aromatic carbocycles. The number of rotatable bonds is 15. The van der Waals surface area contributed by atoms with Crippen LogP contribution in [0.1, 0.15) is 65.6 Å². The standard InChI is InChI=1S/C31H36N6O3SSi.C25H28N2O2SSi.C6H10N4O2.2ClH/c1-20-25(19-41-29(20)30(38)32-13-8-15-36-16-14-33-31(36)37(39)40)28-23-11-9-21(34(2)3)17-26(23)42(6,7)27-18-22(35(4)5)10-12-24(27)28;1-15-20(14-30-24(15)25(28)29)23-18-10-8-16(26(2)3)12-21(18)31(6,7)22-13-17(27(4)5)9-11-19(22)23;7-2-1-4-9-5-3-8-6(9)10(11)12;;/h9-12,14,16-19H,8,13,15H2,1-7H3;8-14H,1-7H3;3,5H,1-2,4,7H2;2*1H. The van der Waals surface area contributed by atoms with Crippen molar-refractivity contribution in [3.8, 4) is 0 Å². The van der Waals surface area contributed by atoms with Crippen LogP contribution in [-0.4, -0.2) is 152 Å². The molecule has 0 atom stereocenters. The lowest BCUT2D eigenvalue weighted by atomic mass is 9.89. The molecule has 6 heterocycles. The first kappa shape index (κ1) is 68.5. The van der Waals surface area contributed by atoms with Gasteiger partial charge in [-0.1, -0.05) is 48.3 Å². The monoisotopic (exact) mass is 1290 g/mol. The van der Waals surface area contributed by atoms with E-state index in [9.17, 15) is 34.9 Å². The summed E-state index contributed by atoms with van der Waals surface area (Å²) >= 11 is 2.78. The van der Waals surface area contributed by atoms with Crippen molar-refractivity contribution in [2.75, 3.05) is 79.3 Å². The van der Waals surface area contributed by atoms with E-state index in [2.05, 4.69) is 195 Å². The maximum Gasteiger partial charge on any atom is 0.434 e. The highest BCUT2D eigenvalue weighted by molar-refractivity contribution is 7.13. The molecule has 19 nitrogen and oxygen atoms in total. The number of nitro groups is 2. The summed E-state index contributed by atoms with van der Waals surface area (Å²) in [6.07, 6.45) is 20.8. The van der Waals surface area contributed by atoms with Crippen molar-refractivity contribution in [2.45, 2.75) is 66.0 Å². The second-order valence-electron chi connectivity index (χ2n) is 23.1. The van der Waals surface area contributed by atoms with Crippen LogP contribution in [0.2, 0.25) is 26.2 Å². The quantitative estimate of drug-likeness (QED) is 0.0444. The number of carbonyl (C=O) groups excluding carboxylic acids is 1. The minimum atomic E-state index is -2.05. The number of fused-ring (bicyclic) bond motifs is 4. The van der Waals surface area contributed by atoms with E-state index in [1.165, 1.54) is 116 Å². The molecule has 87 heavy (non-hydrogen) atoms. The van der Waals surface area contributed by atoms with Gasteiger partial charge in [-0.25, -0.2) is 23.1 Å². The van der Waals surface area contributed by atoms with Gasteiger partial charge < -0.3 is 71.0 Å². The van der Waals surface area contributed by atoms with E-state index < -0.39 is 32.0 Å². The molecule has 4 aliphatic rings. The van der Waals surface area contributed by atoms with Crippen molar-refractivity contribution < 1.29 is 58.5 Å². The number of hydrogen-bond acceptors (Lipinski definition) is 13. The van der Waals surface area contributed by atoms with E-state index in [0.29, 0.717) is 42.4 Å². The Hall–Kier alpha value is -7.65. The molecule has 0 spiro atoms. The number of nitrogens with one attached hydrogen (secondary N) is 1. The SMILES string of the molecule is Cc1c(C2=C3C=CC(=[N+](C)C)C=C3[Si](C)(C)c3cc(N(C)C)ccc32)csc1C(=O)NCCCn1ccnc1[N+](=O)[O-].Cc1c(C2=C3C=CC(=[N+](C)C)C=C3[Si](C)(C)c3cc(N(C)C)ccc32)csc1C(=O)O.NCCCn1ccnc1[N+](=O)[O-].[Cl-].[Cl-]. The topological polar surface area (TPSA) is 227 Å². The van der Waals surface area contributed by atoms with Crippen molar-refractivity contribution in [3.63, 3.8) is 0 Å². The molecular formula is C62H76Cl2N12O7S2Si2. The third-order valence-corrected chi connectivity index (χ3v) is 25.2. The maximum absolute atomic E-state index is 13.3. The van der Waals surface area contributed by atoms with E-state index in [1.54, 1.807) is 12.4 Å². The summed E-state index contributed by atoms with van der Waals surface area (Å²) in [5, 5.41) is 43.8. The van der Waals surface area contributed by atoms with Gasteiger partial charge in [-0.05, 0) is 167 Å². The second kappa shape index (κ2) is 28.0. The number of nitrogens with zero attached hydrogens (tertiary/aromatic N) is 10. The Kier molecular flexibility index (Phi) is 22.1. The molecule has 10 rings (SSSR count). The fourth-order valence-electron chi connectivity index (χ4n) is 11.2. The normalized spacial score (nSPS) is 14.7. The van der Waals surface area contributed by atoms with Gasteiger partial charge in [0, 0.05) is 70.4 Å². The van der Waals surface area contributed by atoms with Gasteiger partial charge in [-0.15, -0.1) is 22.7 Å². The number of hydrogen-bond donors (Lipinski definition) is 3. The van der Waals surface area contributed by atoms with Crippen LogP contribution in [0.5, 0.6) is 0 Å². The molecule has 4 aromatic heterocycles. The van der Waals surface area contributed by atoms with Crippen LogP contribution in [0.3, 0.4) is 0 Å². The minimum Gasteiger partial charge on any atom is -1.00 e. The summed E-state index contributed by atoms with van der Waals surface area (Å²) in [7, 11) is 12.6. The first-order valence-corrected chi connectivity index (χ1v) is 35.7. The van der Waals surface area contributed by atoms with Gasteiger partial charge in [0.15, 0.2) is 11.4 Å². The predicted molar refractivity (Wildman–Crippen MR) is 350 cm³/mol. The lowest BCUT2D eigenvalue weighted by Gasteiger charge is -2.38. The third kappa shape index (κ3) is 13.9. The van der Waals surface area contributed by atoms with Crippen LogP contribution in [0.25, 0.3) is 11.1 Å². The van der Waals surface area contributed by atoms with Gasteiger partial charge in [0.05, 0.1) is 18.0 Å². The summed E-state index contributed by atoms with van der Waals surface area (Å²) in [5.74, 6) is -1.29. The van der Waals surface area contributed by atoms with E-state index >= 15 is 0 Å². The fraction of sp³-hybridized carbons (Fsp3) is 0.323. The average molecular weight is 1290 g/mol. The van der Waals surface area contributed by atoms with Crippen molar-refractivity contribution in [1.82, 2.24) is 24.4 Å². The number of aryl methyl sites for hydroxylation is 2. The number of allylic oxidation sites excluding steroid dienone is 10. The number of benzene rings is 2. The highest BCUT2D eigenvalue weighted by Gasteiger charge is 2.43. The van der Waals surface area contributed by atoms with Gasteiger partial charge >= 0.3 is 17.9 Å². The van der Waals surface area contributed by atoms with Crippen LogP contribution < -0.4 is 56.0 Å². The lowest BCUT2D eigenvalue weighted by molar-refractivity contribution is -0.462. The lowest BCUT2D eigenvalue weighted by Crippen LogP contribution is -3.00. The van der Waals surface area contributed by atoms with Crippen LogP contribution in [0.4, 0.5) is 23.3 Å². The maximum atomic E-state index is 13.3. The second-order valence-corrected chi connectivity index (χ2v) is 33.5. The van der Waals surface area contributed by atoms with E-state index in [-0.39, 0.29) is 42.6 Å². The van der Waals surface area contributed by atoms with Crippen LogP contribution in [0.15, 0.2) is 130 Å². The summed E-state index contributed by atoms with van der Waals surface area (Å²) < 4.78 is 7.27. The number of nitrogens with two attached hydrogens (primary N) is 1. The Morgan fingerprint density at radius 3 is 1.45 bits per heavy atom. The summed E-state index contributed by atoms with van der Waals surface area (Å²) in [6, 6.07) is 13.5. The smallest absolute Gasteiger partial charge is 0.434 e. The predicted octanol–water partition coefficient (Wildman–Crippen LogP) is 2.97. The molecule has 460 valence electrons. The first-order valence-electron chi connectivity index (χ1n) is 27.9. The zero-order chi connectivity index (χ0) is 62.0. The number of anilines is 2. The van der Waals surface area contributed by atoms with E-state index in [4.69, 9.17) is 5.73 Å². The third-order valence-electron chi connectivity index (χ3n) is 16.0. The molecule has 4 N–H and O–H groups in total. The molecule has 0 radical (unpaired) electrons. The van der Waals surface area contributed by atoms with Gasteiger partial charge in [-0.3, -0.25) is 4.79 Å². The number of halogens is 2. The molecule has 1 amide bonds. The Morgan fingerprint density at radius 1 is 0.655 bits per heavy atom. The molecule has 0 bridgehead atoms. The molecule has 25 heteroatoms. The van der Waals surface area contributed by atoms with Crippen LogP contribution in [-0.2, 0) is 13.1 Å². The van der Waals surface area contributed by atoms with Crippen molar-refractivity contribution in [3.05, 3.63) is 193 Å². The number of carboxylic acids is 1. The fourth-order valence-corrected chi connectivity index (χ4v) is 19.2. The largest absolute Gasteiger partial charge is 1.00 e.